The number of imidazole rings is 1. The standard InChI is InChI=1S/C23H20N4O2/c1-2-22(28)27-15-26-20-12-19(9-10-21(20)27)17-5-7-18(8-6-17)23(29)25-14-16-4-3-11-24-13-16/h3-13,15H,2,14H2,1H3,(H,25,29). The zero-order chi connectivity index (χ0) is 20.2. The number of rotatable bonds is 5. The molecule has 144 valence electrons. The lowest BCUT2D eigenvalue weighted by Crippen LogP contribution is -2.22. The average molecular weight is 384 g/mol. The Morgan fingerprint density at radius 1 is 1.03 bits per heavy atom. The molecule has 29 heavy (non-hydrogen) atoms. The van der Waals surface area contributed by atoms with Crippen LogP contribution in [0.4, 0.5) is 0 Å². The Labute approximate surface area is 168 Å². The molecule has 0 spiro atoms. The summed E-state index contributed by atoms with van der Waals surface area (Å²) in [5.41, 5.74) is 5.07. The Bertz CT molecular complexity index is 1160. The molecular weight excluding hydrogens is 364 g/mol. The normalized spacial score (nSPS) is 10.8. The number of aromatic nitrogens is 3. The van der Waals surface area contributed by atoms with Gasteiger partial charge in [0.1, 0.15) is 6.33 Å². The topological polar surface area (TPSA) is 76.9 Å². The van der Waals surface area contributed by atoms with Crippen LogP contribution in [-0.2, 0) is 6.54 Å². The van der Waals surface area contributed by atoms with E-state index in [9.17, 15) is 9.59 Å². The zero-order valence-electron chi connectivity index (χ0n) is 16.0. The smallest absolute Gasteiger partial charge is 0.251 e. The van der Waals surface area contributed by atoms with E-state index in [2.05, 4.69) is 15.3 Å². The average Bonchev–Trinajstić information content (AvgIpc) is 3.21. The number of amides is 1. The molecule has 4 rings (SSSR count). The Morgan fingerprint density at radius 3 is 2.55 bits per heavy atom. The highest BCUT2D eigenvalue weighted by molar-refractivity contribution is 5.95. The van der Waals surface area contributed by atoms with E-state index in [0.29, 0.717) is 18.5 Å². The first-order valence-electron chi connectivity index (χ1n) is 9.43. The van der Waals surface area contributed by atoms with Crippen LogP contribution in [0.3, 0.4) is 0 Å². The van der Waals surface area contributed by atoms with Gasteiger partial charge in [-0.1, -0.05) is 31.2 Å². The van der Waals surface area contributed by atoms with E-state index in [1.165, 1.54) is 0 Å². The number of nitrogens with one attached hydrogen (secondary N) is 1. The van der Waals surface area contributed by atoms with Crippen LogP contribution in [0.5, 0.6) is 0 Å². The van der Waals surface area contributed by atoms with E-state index >= 15 is 0 Å². The lowest BCUT2D eigenvalue weighted by atomic mass is 10.0. The highest BCUT2D eigenvalue weighted by atomic mass is 16.2. The van der Waals surface area contributed by atoms with Gasteiger partial charge in [-0.15, -0.1) is 0 Å². The zero-order valence-corrected chi connectivity index (χ0v) is 16.0. The second kappa shape index (κ2) is 8.06. The highest BCUT2D eigenvalue weighted by Gasteiger charge is 2.10. The number of carbonyl (C=O) groups excluding carboxylic acids is 2. The number of carbonyl (C=O) groups is 2. The van der Waals surface area contributed by atoms with Crippen molar-refractivity contribution in [1.29, 1.82) is 0 Å². The van der Waals surface area contributed by atoms with Crippen molar-refractivity contribution < 1.29 is 9.59 Å². The molecule has 0 unspecified atom stereocenters. The minimum absolute atomic E-state index is 0.0156. The van der Waals surface area contributed by atoms with Gasteiger partial charge in [0.2, 0.25) is 5.91 Å². The van der Waals surface area contributed by atoms with E-state index in [1.54, 1.807) is 35.4 Å². The summed E-state index contributed by atoms with van der Waals surface area (Å²) in [7, 11) is 0. The monoisotopic (exact) mass is 384 g/mol. The summed E-state index contributed by atoms with van der Waals surface area (Å²) in [5.74, 6) is -0.116. The molecule has 4 aromatic rings. The van der Waals surface area contributed by atoms with E-state index in [-0.39, 0.29) is 11.8 Å². The molecule has 2 aromatic carbocycles. The number of benzene rings is 2. The fourth-order valence-corrected chi connectivity index (χ4v) is 3.16. The first-order valence-corrected chi connectivity index (χ1v) is 9.43. The predicted molar refractivity (Wildman–Crippen MR) is 111 cm³/mol. The van der Waals surface area contributed by atoms with Crippen LogP contribution in [-0.4, -0.2) is 26.3 Å². The summed E-state index contributed by atoms with van der Waals surface area (Å²) < 4.78 is 1.58. The molecule has 6 heteroatoms. The van der Waals surface area contributed by atoms with Gasteiger partial charge in [-0.05, 0) is 47.0 Å². The molecule has 0 fully saturated rings. The largest absolute Gasteiger partial charge is 0.348 e. The van der Waals surface area contributed by atoms with Crippen molar-refractivity contribution in [2.45, 2.75) is 19.9 Å². The minimum Gasteiger partial charge on any atom is -0.348 e. The second-order valence-electron chi connectivity index (χ2n) is 6.69. The van der Waals surface area contributed by atoms with Crippen molar-refractivity contribution in [3.8, 4) is 11.1 Å². The highest BCUT2D eigenvalue weighted by Crippen LogP contribution is 2.24. The van der Waals surface area contributed by atoms with Crippen LogP contribution < -0.4 is 5.32 Å². The number of fused-ring (bicyclic) bond motifs is 1. The van der Waals surface area contributed by atoms with Gasteiger partial charge in [-0.3, -0.25) is 19.1 Å². The summed E-state index contributed by atoms with van der Waals surface area (Å²) in [6, 6.07) is 17.0. The third-order valence-electron chi connectivity index (χ3n) is 4.77. The quantitative estimate of drug-likeness (QED) is 0.562. The molecule has 2 aromatic heterocycles. The SMILES string of the molecule is CCC(=O)n1cnc2cc(-c3ccc(C(=O)NCc4cccnc4)cc3)ccc21. The van der Waals surface area contributed by atoms with Crippen molar-refractivity contribution in [1.82, 2.24) is 19.9 Å². The molecule has 0 aliphatic heterocycles. The summed E-state index contributed by atoms with van der Waals surface area (Å²) in [4.78, 5) is 32.7. The van der Waals surface area contributed by atoms with Crippen LogP contribution in [0.25, 0.3) is 22.2 Å². The van der Waals surface area contributed by atoms with Gasteiger partial charge in [0.15, 0.2) is 0 Å². The molecule has 0 radical (unpaired) electrons. The Balaban J connectivity index is 1.50. The minimum atomic E-state index is -0.132. The maximum absolute atomic E-state index is 12.4. The van der Waals surface area contributed by atoms with Gasteiger partial charge >= 0.3 is 0 Å². The van der Waals surface area contributed by atoms with Gasteiger partial charge in [0.25, 0.3) is 5.91 Å². The molecule has 0 aliphatic rings. The van der Waals surface area contributed by atoms with Crippen LogP contribution in [0.15, 0.2) is 73.3 Å². The van der Waals surface area contributed by atoms with Crippen molar-refractivity contribution in [3.63, 3.8) is 0 Å². The van der Waals surface area contributed by atoms with Crippen LogP contribution in [0, 0.1) is 0 Å². The van der Waals surface area contributed by atoms with E-state index in [1.807, 2.05) is 49.4 Å². The molecule has 1 N–H and O–H groups in total. The molecule has 0 bridgehead atoms. The van der Waals surface area contributed by atoms with Gasteiger partial charge < -0.3 is 5.32 Å². The molecule has 6 nitrogen and oxygen atoms in total. The number of pyridine rings is 1. The summed E-state index contributed by atoms with van der Waals surface area (Å²) in [5, 5.41) is 2.89. The van der Waals surface area contributed by atoms with Crippen molar-refractivity contribution in [2.75, 3.05) is 0 Å². The summed E-state index contributed by atoms with van der Waals surface area (Å²) >= 11 is 0. The fraction of sp³-hybridized carbons (Fsp3) is 0.130. The van der Waals surface area contributed by atoms with Crippen molar-refractivity contribution >= 4 is 22.8 Å². The lowest BCUT2D eigenvalue weighted by molar-refractivity contribution is 0.0912. The fourth-order valence-electron chi connectivity index (χ4n) is 3.16. The second-order valence-corrected chi connectivity index (χ2v) is 6.69. The Hall–Kier alpha value is -3.80. The molecule has 2 heterocycles. The van der Waals surface area contributed by atoms with E-state index in [0.717, 1.165) is 27.7 Å². The molecule has 0 aliphatic carbocycles. The van der Waals surface area contributed by atoms with Crippen LogP contribution in [0.2, 0.25) is 0 Å². The van der Waals surface area contributed by atoms with Crippen molar-refractivity contribution in [2.24, 2.45) is 0 Å². The van der Waals surface area contributed by atoms with E-state index < -0.39 is 0 Å². The predicted octanol–water partition coefficient (Wildman–Crippen LogP) is 4.08. The Morgan fingerprint density at radius 2 is 1.83 bits per heavy atom. The molecule has 0 saturated carbocycles. The third kappa shape index (κ3) is 3.91. The summed E-state index contributed by atoms with van der Waals surface area (Å²) in [6.45, 7) is 2.27. The maximum Gasteiger partial charge on any atom is 0.251 e. The van der Waals surface area contributed by atoms with Crippen LogP contribution in [0.1, 0.15) is 34.1 Å². The molecular formula is C23H20N4O2. The molecule has 0 atom stereocenters. The number of hydrogen-bond acceptors (Lipinski definition) is 4. The Kier molecular flexibility index (Phi) is 5.16. The maximum atomic E-state index is 12.4. The third-order valence-corrected chi connectivity index (χ3v) is 4.77. The van der Waals surface area contributed by atoms with Gasteiger partial charge in [0, 0.05) is 30.9 Å². The first-order chi connectivity index (χ1) is 14.2. The number of nitrogens with zero attached hydrogens (tertiary/aromatic N) is 3. The molecule has 1 amide bonds. The van der Waals surface area contributed by atoms with E-state index in [4.69, 9.17) is 0 Å². The van der Waals surface area contributed by atoms with Crippen LogP contribution >= 0.6 is 0 Å². The summed E-state index contributed by atoms with van der Waals surface area (Å²) in [6.07, 6.45) is 5.43. The van der Waals surface area contributed by atoms with Gasteiger partial charge in [0.05, 0.1) is 11.0 Å². The lowest BCUT2D eigenvalue weighted by Gasteiger charge is -2.07. The molecule has 0 saturated heterocycles. The number of hydrogen-bond donors (Lipinski definition) is 1. The van der Waals surface area contributed by atoms with Gasteiger partial charge in [-0.2, -0.15) is 0 Å². The van der Waals surface area contributed by atoms with Crippen molar-refractivity contribution in [3.05, 3.63) is 84.4 Å². The first kappa shape index (κ1) is 18.6. The van der Waals surface area contributed by atoms with Gasteiger partial charge in [-0.25, -0.2) is 4.98 Å².